The molecule has 5 nitrogen and oxygen atoms in total. The van der Waals surface area contributed by atoms with Gasteiger partial charge in [0.15, 0.2) is 0 Å². The zero-order valence-electron chi connectivity index (χ0n) is 14.8. The summed E-state index contributed by atoms with van der Waals surface area (Å²) in [7, 11) is 1.68. The van der Waals surface area contributed by atoms with Crippen molar-refractivity contribution in [3.8, 4) is 10.6 Å². The number of hydrogen-bond donors (Lipinski definition) is 2. The van der Waals surface area contributed by atoms with Crippen LogP contribution in [0.1, 0.15) is 37.4 Å². The van der Waals surface area contributed by atoms with Crippen LogP contribution < -0.4 is 5.32 Å². The molecule has 1 atom stereocenters. The van der Waals surface area contributed by atoms with E-state index in [9.17, 15) is 9.90 Å². The summed E-state index contributed by atoms with van der Waals surface area (Å²) in [6.07, 6.45) is 0. The summed E-state index contributed by atoms with van der Waals surface area (Å²) in [5.41, 5.74) is 1.09. The molecule has 1 heterocycles. The van der Waals surface area contributed by atoms with Crippen LogP contribution in [0.4, 0.5) is 4.79 Å². The highest BCUT2D eigenvalue weighted by atomic mass is 32.1. The number of aryl methyl sites for hydroxylation is 1. The molecule has 6 heteroatoms. The Morgan fingerprint density at radius 3 is 2.58 bits per heavy atom. The van der Waals surface area contributed by atoms with Crippen LogP contribution in [-0.4, -0.2) is 40.2 Å². The second-order valence-corrected chi connectivity index (χ2v) is 7.71. The monoisotopic (exact) mass is 347 g/mol. The summed E-state index contributed by atoms with van der Waals surface area (Å²) >= 11 is 1.59. The van der Waals surface area contributed by atoms with Gasteiger partial charge in [-0.1, -0.05) is 30.3 Å². The Morgan fingerprint density at radius 2 is 2.00 bits per heavy atom. The van der Waals surface area contributed by atoms with Crippen molar-refractivity contribution in [3.63, 3.8) is 0 Å². The largest absolute Gasteiger partial charge is 0.389 e. The Kier molecular flexibility index (Phi) is 5.62. The number of hydrogen-bond acceptors (Lipinski definition) is 4. The van der Waals surface area contributed by atoms with Crippen LogP contribution in [0, 0.1) is 6.92 Å². The van der Waals surface area contributed by atoms with Gasteiger partial charge < -0.3 is 15.3 Å². The van der Waals surface area contributed by atoms with Crippen molar-refractivity contribution in [2.24, 2.45) is 0 Å². The SMILES string of the molecule is Cc1nc(-c2ccccc2)sc1C(C)NC(=O)N(C)CC(C)(C)O. The number of urea groups is 1. The van der Waals surface area contributed by atoms with E-state index >= 15 is 0 Å². The van der Waals surface area contributed by atoms with E-state index in [1.165, 1.54) is 4.90 Å². The maximum atomic E-state index is 12.3. The van der Waals surface area contributed by atoms with E-state index in [-0.39, 0.29) is 18.6 Å². The molecule has 0 radical (unpaired) electrons. The van der Waals surface area contributed by atoms with E-state index in [1.54, 1.807) is 32.2 Å². The Labute approximate surface area is 147 Å². The van der Waals surface area contributed by atoms with Gasteiger partial charge in [0.1, 0.15) is 5.01 Å². The number of benzene rings is 1. The number of carbonyl (C=O) groups is 1. The van der Waals surface area contributed by atoms with Crippen LogP contribution in [0.3, 0.4) is 0 Å². The zero-order chi connectivity index (χ0) is 17.9. The van der Waals surface area contributed by atoms with Gasteiger partial charge in [0, 0.05) is 12.6 Å². The fourth-order valence-corrected chi connectivity index (χ4v) is 3.60. The highest BCUT2D eigenvalue weighted by Crippen LogP contribution is 2.31. The van der Waals surface area contributed by atoms with Crippen LogP contribution in [0.25, 0.3) is 10.6 Å². The molecule has 2 aromatic rings. The Morgan fingerprint density at radius 1 is 1.38 bits per heavy atom. The molecule has 130 valence electrons. The lowest BCUT2D eigenvalue weighted by molar-refractivity contribution is 0.0528. The summed E-state index contributed by atoms with van der Waals surface area (Å²) in [6, 6.07) is 9.66. The van der Waals surface area contributed by atoms with Gasteiger partial charge in [-0.3, -0.25) is 0 Å². The molecule has 1 aromatic heterocycles. The van der Waals surface area contributed by atoms with Gasteiger partial charge in [-0.15, -0.1) is 11.3 Å². The third-order valence-electron chi connectivity index (χ3n) is 3.56. The van der Waals surface area contributed by atoms with Crippen molar-refractivity contribution in [1.29, 1.82) is 0 Å². The number of likely N-dealkylation sites (N-methyl/N-ethyl adjacent to an activating group) is 1. The van der Waals surface area contributed by atoms with E-state index < -0.39 is 5.60 Å². The molecule has 0 saturated carbocycles. The van der Waals surface area contributed by atoms with Crippen LogP contribution in [0.2, 0.25) is 0 Å². The van der Waals surface area contributed by atoms with Crippen LogP contribution in [0.5, 0.6) is 0 Å². The molecule has 0 aliphatic carbocycles. The second-order valence-electron chi connectivity index (χ2n) is 6.67. The van der Waals surface area contributed by atoms with E-state index in [4.69, 9.17) is 0 Å². The maximum Gasteiger partial charge on any atom is 0.317 e. The van der Waals surface area contributed by atoms with Crippen LogP contribution in [0.15, 0.2) is 30.3 Å². The van der Waals surface area contributed by atoms with Gasteiger partial charge in [-0.25, -0.2) is 9.78 Å². The lowest BCUT2D eigenvalue weighted by Crippen LogP contribution is -2.45. The molecule has 1 unspecified atom stereocenters. The molecule has 2 amide bonds. The Bertz CT molecular complexity index is 692. The number of aromatic nitrogens is 1. The number of carbonyl (C=O) groups excluding carboxylic acids is 1. The number of nitrogens with zero attached hydrogens (tertiary/aromatic N) is 2. The van der Waals surface area contributed by atoms with Crippen molar-refractivity contribution in [2.75, 3.05) is 13.6 Å². The lowest BCUT2D eigenvalue weighted by atomic mass is 10.1. The molecule has 2 N–H and O–H groups in total. The average molecular weight is 347 g/mol. The number of thiazole rings is 1. The van der Waals surface area contributed by atoms with Crippen molar-refractivity contribution < 1.29 is 9.90 Å². The maximum absolute atomic E-state index is 12.3. The van der Waals surface area contributed by atoms with E-state index in [1.807, 2.05) is 44.2 Å². The summed E-state index contributed by atoms with van der Waals surface area (Å²) < 4.78 is 0. The first-order chi connectivity index (χ1) is 11.2. The van der Waals surface area contributed by atoms with Gasteiger partial charge in [-0.05, 0) is 27.7 Å². The molecule has 0 bridgehead atoms. The van der Waals surface area contributed by atoms with E-state index in [0.717, 1.165) is 21.1 Å². The topological polar surface area (TPSA) is 65.5 Å². The minimum absolute atomic E-state index is 0.142. The quantitative estimate of drug-likeness (QED) is 0.869. The van der Waals surface area contributed by atoms with E-state index in [2.05, 4.69) is 10.3 Å². The van der Waals surface area contributed by atoms with Gasteiger partial charge in [0.2, 0.25) is 0 Å². The first-order valence-electron chi connectivity index (χ1n) is 7.94. The zero-order valence-corrected chi connectivity index (χ0v) is 15.6. The Hall–Kier alpha value is -1.92. The number of rotatable bonds is 5. The Balaban J connectivity index is 2.09. The fourth-order valence-electron chi connectivity index (χ4n) is 2.53. The molecule has 0 aliphatic heterocycles. The van der Waals surface area contributed by atoms with Gasteiger partial charge in [-0.2, -0.15) is 0 Å². The molecule has 24 heavy (non-hydrogen) atoms. The van der Waals surface area contributed by atoms with Crippen molar-refractivity contribution in [2.45, 2.75) is 39.3 Å². The molecule has 0 saturated heterocycles. The molecule has 0 spiro atoms. The van der Waals surface area contributed by atoms with Gasteiger partial charge in [0.05, 0.1) is 28.8 Å². The average Bonchev–Trinajstić information content (AvgIpc) is 2.88. The summed E-state index contributed by atoms with van der Waals surface area (Å²) in [5, 5.41) is 13.8. The fraction of sp³-hybridized carbons (Fsp3) is 0.444. The van der Waals surface area contributed by atoms with Crippen molar-refractivity contribution in [1.82, 2.24) is 15.2 Å². The predicted octanol–water partition coefficient (Wildman–Crippen LogP) is 3.59. The summed E-state index contributed by atoms with van der Waals surface area (Å²) in [4.78, 5) is 19.4. The lowest BCUT2D eigenvalue weighted by Gasteiger charge is -2.27. The molecular formula is C18H25N3O2S. The molecule has 0 aliphatic rings. The highest BCUT2D eigenvalue weighted by molar-refractivity contribution is 7.15. The second kappa shape index (κ2) is 7.32. The number of aliphatic hydroxyl groups is 1. The minimum Gasteiger partial charge on any atom is -0.389 e. The van der Waals surface area contributed by atoms with Crippen LogP contribution >= 0.6 is 11.3 Å². The molecular weight excluding hydrogens is 322 g/mol. The smallest absolute Gasteiger partial charge is 0.317 e. The standard InChI is InChI=1S/C18H25N3O2S/c1-12-15(24-16(19-12)14-9-7-6-8-10-14)13(2)20-17(22)21(5)11-18(3,4)23/h6-10,13,23H,11H2,1-5H3,(H,20,22). The number of nitrogens with one attached hydrogen (secondary N) is 1. The summed E-state index contributed by atoms with van der Waals surface area (Å²) in [5.74, 6) is 0. The van der Waals surface area contributed by atoms with Crippen molar-refractivity contribution in [3.05, 3.63) is 40.9 Å². The molecule has 2 rings (SSSR count). The van der Waals surface area contributed by atoms with Crippen molar-refractivity contribution >= 4 is 17.4 Å². The minimum atomic E-state index is -0.920. The molecule has 0 fully saturated rings. The van der Waals surface area contributed by atoms with Gasteiger partial charge >= 0.3 is 6.03 Å². The third kappa shape index (κ3) is 4.79. The third-order valence-corrected chi connectivity index (χ3v) is 4.95. The first-order valence-corrected chi connectivity index (χ1v) is 8.76. The predicted molar refractivity (Wildman–Crippen MR) is 98.2 cm³/mol. The highest BCUT2D eigenvalue weighted by Gasteiger charge is 2.22. The molecule has 1 aromatic carbocycles. The van der Waals surface area contributed by atoms with E-state index in [0.29, 0.717) is 0 Å². The normalized spacial score (nSPS) is 12.8. The van der Waals surface area contributed by atoms with Crippen LogP contribution in [-0.2, 0) is 0 Å². The number of amides is 2. The first kappa shape index (κ1) is 18.4. The summed E-state index contributed by atoms with van der Waals surface area (Å²) in [6.45, 7) is 7.54. The van der Waals surface area contributed by atoms with Gasteiger partial charge in [0.25, 0.3) is 0 Å².